The number of amides is 2. The van der Waals surface area contributed by atoms with E-state index in [2.05, 4.69) is 5.32 Å². The average Bonchev–Trinajstić information content (AvgIpc) is 2.93. The van der Waals surface area contributed by atoms with E-state index in [1.54, 1.807) is 14.1 Å². The van der Waals surface area contributed by atoms with Crippen molar-refractivity contribution >= 4 is 11.8 Å². The van der Waals surface area contributed by atoms with E-state index < -0.39 is 6.04 Å². The van der Waals surface area contributed by atoms with E-state index in [4.69, 9.17) is 5.73 Å². The molecule has 120 valence electrons. The van der Waals surface area contributed by atoms with E-state index in [9.17, 15) is 9.59 Å². The van der Waals surface area contributed by atoms with Crippen LogP contribution in [0.5, 0.6) is 0 Å². The van der Waals surface area contributed by atoms with Gasteiger partial charge in [-0.1, -0.05) is 30.3 Å². The molecule has 0 heterocycles. The lowest BCUT2D eigenvalue weighted by Gasteiger charge is -2.23. The average molecular weight is 303 g/mol. The quantitative estimate of drug-likeness (QED) is 0.849. The van der Waals surface area contributed by atoms with Gasteiger partial charge in [0.05, 0.1) is 0 Å². The third-order valence-electron chi connectivity index (χ3n) is 4.18. The van der Waals surface area contributed by atoms with Crippen LogP contribution in [0.3, 0.4) is 0 Å². The zero-order valence-electron chi connectivity index (χ0n) is 13.3. The van der Waals surface area contributed by atoms with E-state index in [1.165, 1.54) is 4.90 Å². The van der Waals surface area contributed by atoms with E-state index >= 15 is 0 Å². The third kappa shape index (κ3) is 4.31. The summed E-state index contributed by atoms with van der Waals surface area (Å²) in [6.07, 6.45) is 2.90. The van der Waals surface area contributed by atoms with Gasteiger partial charge in [0.15, 0.2) is 0 Å². The summed E-state index contributed by atoms with van der Waals surface area (Å²) in [5, 5.41) is 2.92. The van der Waals surface area contributed by atoms with Crippen LogP contribution in [0.4, 0.5) is 0 Å². The van der Waals surface area contributed by atoms with Gasteiger partial charge in [0.2, 0.25) is 11.8 Å². The largest absolute Gasteiger partial charge is 0.347 e. The number of nitrogens with one attached hydrogen (secondary N) is 1. The number of nitrogens with two attached hydrogens (primary N) is 1. The van der Waals surface area contributed by atoms with Gasteiger partial charge in [-0.2, -0.15) is 0 Å². The minimum absolute atomic E-state index is 0.0518. The summed E-state index contributed by atoms with van der Waals surface area (Å²) < 4.78 is 0. The summed E-state index contributed by atoms with van der Waals surface area (Å²) >= 11 is 0. The summed E-state index contributed by atoms with van der Waals surface area (Å²) in [5.74, 6) is -0.202. The predicted molar refractivity (Wildman–Crippen MR) is 86.1 cm³/mol. The fourth-order valence-corrected chi connectivity index (χ4v) is 2.91. The van der Waals surface area contributed by atoms with Crippen molar-refractivity contribution in [3.05, 3.63) is 35.9 Å². The molecule has 1 fully saturated rings. The molecule has 1 aromatic rings. The summed E-state index contributed by atoms with van der Waals surface area (Å²) in [6.45, 7) is 0. The number of benzene rings is 1. The number of likely N-dealkylation sites (N-methyl/N-ethyl adjacent to an activating group) is 1. The lowest BCUT2D eigenvalue weighted by Crippen LogP contribution is -2.49. The molecule has 0 spiro atoms. The molecule has 1 aliphatic carbocycles. The highest BCUT2D eigenvalue weighted by Crippen LogP contribution is 2.24. The maximum absolute atomic E-state index is 12.4. The first-order valence-corrected chi connectivity index (χ1v) is 7.78. The van der Waals surface area contributed by atoms with Crippen LogP contribution >= 0.6 is 0 Å². The van der Waals surface area contributed by atoms with Crippen molar-refractivity contribution in [3.8, 4) is 0 Å². The van der Waals surface area contributed by atoms with E-state index in [0.717, 1.165) is 18.4 Å². The summed E-state index contributed by atoms with van der Waals surface area (Å²) in [5.41, 5.74) is 6.90. The van der Waals surface area contributed by atoms with Gasteiger partial charge in [0.1, 0.15) is 6.04 Å². The zero-order valence-corrected chi connectivity index (χ0v) is 13.3. The van der Waals surface area contributed by atoms with Gasteiger partial charge in [-0.25, -0.2) is 0 Å². The molecule has 3 unspecified atom stereocenters. The maximum Gasteiger partial charge on any atom is 0.244 e. The number of carbonyl (C=O) groups excluding carboxylic acids is 2. The van der Waals surface area contributed by atoms with Crippen molar-refractivity contribution in [1.82, 2.24) is 10.2 Å². The number of hydrogen-bond donors (Lipinski definition) is 2. The second kappa shape index (κ2) is 7.40. The van der Waals surface area contributed by atoms with Crippen molar-refractivity contribution in [3.63, 3.8) is 0 Å². The summed E-state index contributed by atoms with van der Waals surface area (Å²) in [4.78, 5) is 26.3. The van der Waals surface area contributed by atoms with Crippen LogP contribution < -0.4 is 11.1 Å². The molecule has 5 nitrogen and oxygen atoms in total. The van der Waals surface area contributed by atoms with E-state index in [1.807, 2.05) is 30.3 Å². The Morgan fingerprint density at radius 3 is 2.50 bits per heavy atom. The highest BCUT2D eigenvalue weighted by Gasteiger charge is 2.31. The molecule has 2 amide bonds. The third-order valence-corrected chi connectivity index (χ3v) is 4.18. The number of rotatable bonds is 5. The van der Waals surface area contributed by atoms with E-state index in [-0.39, 0.29) is 23.8 Å². The van der Waals surface area contributed by atoms with Crippen LogP contribution in [-0.4, -0.2) is 42.9 Å². The zero-order chi connectivity index (χ0) is 16.1. The Morgan fingerprint density at radius 2 is 1.95 bits per heavy atom. The lowest BCUT2D eigenvalue weighted by molar-refractivity contribution is -0.135. The molecule has 0 aliphatic heterocycles. The Hall–Kier alpha value is -1.88. The minimum Gasteiger partial charge on any atom is -0.347 e. The molecule has 1 aromatic carbocycles. The van der Waals surface area contributed by atoms with Crippen LogP contribution in [0.15, 0.2) is 30.3 Å². The Balaban J connectivity index is 2.04. The molecule has 1 saturated carbocycles. The summed E-state index contributed by atoms with van der Waals surface area (Å²) in [7, 11) is 3.41. The Morgan fingerprint density at radius 1 is 1.27 bits per heavy atom. The van der Waals surface area contributed by atoms with Crippen molar-refractivity contribution < 1.29 is 9.59 Å². The van der Waals surface area contributed by atoms with Gasteiger partial charge in [-0.05, 0) is 24.8 Å². The smallest absolute Gasteiger partial charge is 0.244 e. The fourth-order valence-electron chi connectivity index (χ4n) is 2.91. The molecule has 3 atom stereocenters. The predicted octanol–water partition coefficient (Wildman–Crippen LogP) is 0.929. The molecule has 1 aliphatic rings. The van der Waals surface area contributed by atoms with Crippen LogP contribution in [-0.2, 0) is 16.0 Å². The van der Waals surface area contributed by atoms with Crippen LogP contribution in [0, 0.1) is 5.92 Å². The van der Waals surface area contributed by atoms with Crippen LogP contribution in [0.1, 0.15) is 24.8 Å². The van der Waals surface area contributed by atoms with Crippen molar-refractivity contribution in [2.75, 3.05) is 14.1 Å². The first kappa shape index (κ1) is 16.5. The van der Waals surface area contributed by atoms with Crippen molar-refractivity contribution in [1.29, 1.82) is 0 Å². The maximum atomic E-state index is 12.4. The van der Waals surface area contributed by atoms with Gasteiger partial charge in [-0.3, -0.25) is 9.59 Å². The monoisotopic (exact) mass is 303 g/mol. The second-order valence-corrected chi connectivity index (χ2v) is 6.25. The minimum atomic E-state index is -0.526. The Bertz CT molecular complexity index is 516. The van der Waals surface area contributed by atoms with Crippen molar-refractivity contribution in [2.45, 2.75) is 37.8 Å². The van der Waals surface area contributed by atoms with Gasteiger partial charge in [-0.15, -0.1) is 0 Å². The molecule has 0 aromatic heterocycles. The molecule has 22 heavy (non-hydrogen) atoms. The first-order chi connectivity index (χ1) is 10.5. The van der Waals surface area contributed by atoms with Gasteiger partial charge >= 0.3 is 0 Å². The molecule has 5 heteroatoms. The van der Waals surface area contributed by atoms with Crippen LogP contribution in [0.2, 0.25) is 0 Å². The molecule has 0 saturated heterocycles. The molecule has 2 rings (SSSR count). The highest BCUT2D eigenvalue weighted by atomic mass is 16.2. The number of carbonyl (C=O) groups is 2. The number of hydrogen-bond acceptors (Lipinski definition) is 3. The normalized spacial score (nSPS) is 22.1. The molecule has 0 radical (unpaired) electrons. The van der Waals surface area contributed by atoms with Crippen LogP contribution in [0.25, 0.3) is 0 Å². The molecule has 0 bridgehead atoms. The highest BCUT2D eigenvalue weighted by molar-refractivity contribution is 5.88. The Labute approximate surface area is 131 Å². The topological polar surface area (TPSA) is 75.4 Å². The molecular weight excluding hydrogens is 278 g/mol. The Kier molecular flexibility index (Phi) is 5.55. The lowest BCUT2D eigenvalue weighted by atomic mass is 10.0. The van der Waals surface area contributed by atoms with Crippen molar-refractivity contribution in [2.24, 2.45) is 11.7 Å². The molecule has 3 N–H and O–H groups in total. The second-order valence-electron chi connectivity index (χ2n) is 6.25. The standard InChI is InChI=1S/C17H25N3O2/c1-20(2)17(22)15(10-12-6-4-3-5-7-12)19-16(21)13-8-9-14(18)11-13/h3-7,13-15H,8-11,18H2,1-2H3,(H,19,21). The number of nitrogens with zero attached hydrogens (tertiary/aromatic N) is 1. The first-order valence-electron chi connectivity index (χ1n) is 7.78. The van der Waals surface area contributed by atoms with E-state index in [0.29, 0.717) is 12.8 Å². The summed E-state index contributed by atoms with van der Waals surface area (Å²) in [6, 6.07) is 9.32. The fraction of sp³-hybridized carbons (Fsp3) is 0.529. The van der Waals surface area contributed by atoms with Gasteiger partial charge in [0, 0.05) is 32.5 Å². The van der Waals surface area contributed by atoms with Gasteiger partial charge < -0.3 is 16.0 Å². The van der Waals surface area contributed by atoms with Gasteiger partial charge in [0.25, 0.3) is 0 Å². The molecular formula is C17H25N3O2. The SMILES string of the molecule is CN(C)C(=O)C(Cc1ccccc1)NC(=O)C1CCC(N)C1.